The van der Waals surface area contributed by atoms with Crippen molar-refractivity contribution in [2.45, 2.75) is 37.3 Å². The van der Waals surface area contributed by atoms with Gasteiger partial charge < -0.3 is 5.11 Å². The zero-order valence-electron chi connectivity index (χ0n) is 12.9. The van der Waals surface area contributed by atoms with Crippen LogP contribution < -0.4 is 0 Å². The van der Waals surface area contributed by atoms with Crippen molar-refractivity contribution >= 4 is 5.97 Å². The van der Waals surface area contributed by atoms with Gasteiger partial charge in [-0.15, -0.1) is 0 Å². The van der Waals surface area contributed by atoms with Crippen molar-refractivity contribution in [1.29, 1.82) is 0 Å². The lowest BCUT2D eigenvalue weighted by Gasteiger charge is -2.51. The van der Waals surface area contributed by atoms with Crippen LogP contribution in [0.15, 0.2) is 30.3 Å². The Morgan fingerprint density at radius 1 is 1.14 bits per heavy atom. The molecule has 4 saturated heterocycles. The Morgan fingerprint density at radius 2 is 1.86 bits per heavy atom. The second-order valence-electron chi connectivity index (χ2n) is 7.01. The van der Waals surface area contributed by atoms with Crippen LogP contribution >= 0.6 is 0 Å². The lowest BCUT2D eigenvalue weighted by molar-refractivity contribution is -0.137. The second-order valence-corrected chi connectivity index (χ2v) is 7.01. The van der Waals surface area contributed by atoms with E-state index in [1.807, 2.05) is 0 Å². The van der Waals surface area contributed by atoms with Crippen LogP contribution in [-0.2, 0) is 4.79 Å². The molecule has 0 amide bonds. The third-order valence-electron chi connectivity index (χ3n) is 5.93. The van der Waals surface area contributed by atoms with Crippen molar-refractivity contribution in [1.82, 2.24) is 9.80 Å². The molecule has 5 rings (SSSR count). The van der Waals surface area contributed by atoms with E-state index in [9.17, 15) is 4.79 Å². The first kappa shape index (κ1) is 14.2. The van der Waals surface area contributed by atoms with Gasteiger partial charge in [-0.1, -0.05) is 30.3 Å². The largest absolute Gasteiger partial charge is 0.481 e. The zero-order valence-corrected chi connectivity index (χ0v) is 12.9. The summed E-state index contributed by atoms with van der Waals surface area (Å²) in [5, 5.41) is 9.05. The highest BCUT2D eigenvalue weighted by atomic mass is 16.4. The maximum Gasteiger partial charge on any atom is 0.304 e. The van der Waals surface area contributed by atoms with Gasteiger partial charge in [0.1, 0.15) is 0 Å². The van der Waals surface area contributed by atoms with Crippen LogP contribution in [0.1, 0.15) is 30.7 Å². The van der Waals surface area contributed by atoms with Gasteiger partial charge in [0.15, 0.2) is 0 Å². The molecule has 4 heteroatoms. The first-order valence-corrected chi connectivity index (χ1v) is 8.49. The summed E-state index contributed by atoms with van der Waals surface area (Å²) >= 11 is 0. The van der Waals surface area contributed by atoms with E-state index in [2.05, 4.69) is 40.1 Å². The minimum atomic E-state index is -0.680. The minimum absolute atomic E-state index is 0.261. The lowest BCUT2D eigenvalue weighted by atomic mass is 9.75. The Balaban J connectivity index is 1.62. The molecular formula is C18H24N2O2. The van der Waals surface area contributed by atoms with Gasteiger partial charge in [-0.3, -0.25) is 14.6 Å². The van der Waals surface area contributed by atoms with E-state index >= 15 is 0 Å². The Morgan fingerprint density at radius 3 is 2.55 bits per heavy atom. The Labute approximate surface area is 131 Å². The van der Waals surface area contributed by atoms with Crippen LogP contribution in [0.4, 0.5) is 0 Å². The fraction of sp³-hybridized carbons (Fsp3) is 0.611. The summed E-state index contributed by atoms with van der Waals surface area (Å²) < 4.78 is 0. The number of carboxylic acids is 1. The molecule has 0 aliphatic carbocycles. The molecule has 4 aliphatic rings. The highest BCUT2D eigenvalue weighted by Gasteiger charge is 2.52. The summed E-state index contributed by atoms with van der Waals surface area (Å²) in [5.41, 5.74) is 1.42. The summed E-state index contributed by atoms with van der Waals surface area (Å²) in [5.74, 6) is 0.613. The summed E-state index contributed by atoms with van der Waals surface area (Å²) in [6, 6.07) is 12.0. The molecular weight excluding hydrogens is 276 g/mol. The zero-order chi connectivity index (χ0) is 15.1. The van der Waals surface area contributed by atoms with Crippen LogP contribution in [0.2, 0.25) is 0 Å². The standard InChI is InChI=1S/C18H24N2O2/c21-16(22)8-11-20-12-15(13-4-2-1-3-5-13)18-17(20)14-6-9-19(18)10-7-14/h1-5,14-15,17-18H,6-12H2,(H,21,22)/t15-,17+,18+/m1/s1. The monoisotopic (exact) mass is 300 g/mol. The average Bonchev–Trinajstić information content (AvgIpc) is 2.97. The maximum atomic E-state index is 11.0. The van der Waals surface area contributed by atoms with Gasteiger partial charge in [-0.25, -0.2) is 0 Å². The number of hydrogen-bond acceptors (Lipinski definition) is 3. The van der Waals surface area contributed by atoms with E-state index in [0.29, 0.717) is 24.5 Å². The molecule has 4 aliphatic heterocycles. The fourth-order valence-corrected chi connectivity index (χ4v) is 5.03. The number of nitrogens with zero attached hydrogens (tertiary/aromatic N) is 2. The quantitative estimate of drug-likeness (QED) is 0.924. The van der Waals surface area contributed by atoms with E-state index < -0.39 is 5.97 Å². The van der Waals surface area contributed by atoms with Gasteiger partial charge in [-0.2, -0.15) is 0 Å². The van der Waals surface area contributed by atoms with Crippen molar-refractivity contribution in [2.75, 3.05) is 26.2 Å². The molecule has 1 N–H and O–H groups in total. The Hall–Kier alpha value is -1.39. The molecule has 0 unspecified atom stereocenters. The molecule has 118 valence electrons. The number of hydrogen-bond donors (Lipinski definition) is 1. The average molecular weight is 300 g/mol. The van der Waals surface area contributed by atoms with E-state index in [-0.39, 0.29) is 6.42 Å². The van der Waals surface area contributed by atoms with E-state index in [1.165, 1.54) is 31.5 Å². The summed E-state index contributed by atoms with van der Waals surface area (Å²) in [7, 11) is 0. The number of carbonyl (C=O) groups is 1. The number of piperidine rings is 3. The molecule has 0 spiro atoms. The topological polar surface area (TPSA) is 43.8 Å². The van der Waals surface area contributed by atoms with Gasteiger partial charge >= 0.3 is 5.97 Å². The molecule has 4 fully saturated rings. The first-order valence-electron chi connectivity index (χ1n) is 8.49. The highest BCUT2D eigenvalue weighted by Crippen LogP contribution is 2.46. The van der Waals surface area contributed by atoms with Gasteiger partial charge in [0.05, 0.1) is 6.42 Å². The predicted octanol–water partition coefficient (Wildman–Crippen LogP) is 2.02. The molecule has 4 nitrogen and oxygen atoms in total. The van der Waals surface area contributed by atoms with Gasteiger partial charge in [0.25, 0.3) is 0 Å². The molecule has 3 atom stereocenters. The number of carboxylic acid groups (broad SMARTS) is 1. The van der Waals surface area contributed by atoms with Crippen LogP contribution in [0.3, 0.4) is 0 Å². The minimum Gasteiger partial charge on any atom is -0.481 e. The van der Waals surface area contributed by atoms with Gasteiger partial charge in [0, 0.05) is 31.1 Å². The fourth-order valence-electron chi connectivity index (χ4n) is 5.03. The van der Waals surface area contributed by atoms with Crippen molar-refractivity contribution < 1.29 is 9.90 Å². The van der Waals surface area contributed by atoms with Crippen LogP contribution in [0.25, 0.3) is 0 Å². The normalized spacial score (nSPS) is 37.2. The Bertz CT molecular complexity index is 539. The van der Waals surface area contributed by atoms with Crippen LogP contribution in [0.5, 0.6) is 0 Å². The number of benzene rings is 1. The van der Waals surface area contributed by atoms with E-state index in [1.54, 1.807) is 0 Å². The number of fused-ring (bicyclic) bond motifs is 2. The molecule has 0 saturated carbocycles. The predicted molar refractivity (Wildman–Crippen MR) is 84.9 cm³/mol. The molecule has 4 heterocycles. The van der Waals surface area contributed by atoms with Crippen molar-refractivity contribution in [3.63, 3.8) is 0 Å². The van der Waals surface area contributed by atoms with Crippen molar-refractivity contribution in [3.05, 3.63) is 35.9 Å². The molecule has 0 aromatic heterocycles. The van der Waals surface area contributed by atoms with Crippen LogP contribution in [0, 0.1) is 5.92 Å². The molecule has 1 aromatic carbocycles. The van der Waals surface area contributed by atoms with Crippen molar-refractivity contribution in [2.24, 2.45) is 5.92 Å². The summed E-state index contributed by atoms with van der Waals surface area (Å²) in [6.45, 7) is 4.16. The molecule has 2 bridgehead atoms. The number of aliphatic carboxylic acids is 1. The summed E-state index contributed by atoms with van der Waals surface area (Å²) in [4.78, 5) is 16.1. The second kappa shape index (κ2) is 5.67. The lowest BCUT2D eigenvalue weighted by Crippen LogP contribution is -2.60. The maximum absolute atomic E-state index is 11.0. The van der Waals surface area contributed by atoms with Gasteiger partial charge in [-0.05, 0) is 37.4 Å². The van der Waals surface area contributed by atoms with E-state index in [4.69, 9.17) is 5.11 Å². The first-order chi connectivity index (χ1) is 10.7. The SMILES string of the molecule is O=C(O)CCN1C[C@H](c2ccccc2)[C@H]2[C@@H]1C1CCN2CC1. The molecule has 0 radical (unpaired) electrons. The summed E-state index contributed by atoms with van der Waals surface area (Å²) in [6.07, 6.45) is 2.83. The molecule has 22 heavy (non-hydrogen) atoms. The third kappa shape index (κ3) is 2.34. The molecule has 1 aromatic rings. The van der Waals surface area contributed by atoms with Crippen molar-refractivity contribution in [3.8, 4) is 0 Å². The highest BCUT2D eigenvalue weighted by molar-refractivity contribution is 5.66. The Kier molecular flexibility index (Phi) is 3.66. The number of rotatable bonds is 4. The number of likely N-dealkylation sites (tertiary alicyclic amines) is 1. The smallest absolute Gasteiger partial charge is 0.304 e. The van der Waals surface area contributed by atoms with Crippen LogP contribution in [-0.4, -0.2) is 59.1 Å². The van der Waals surface area contributed by atoms with E-state index in [0.717, 1.165) is 12.5 Å². The third-order valence-corrected chi connectivity index (χ3v) is 5.93. The van der Waals surface area contributed by atoms with Gasteiger partial charge in [0.2, 0.25) is 0 Å².